The van der Waals surface area contributed by atoms with Gasteiger partial charge in [-0.2, -0.15) is 0 Å². The third kappa shape index (κ3) is 5.40. The molecule has 0 bridgehead atoms. The number of aryl methyl sites for hydroxylation is 1. The van der Waals surface area contributed by atoms with Crippen molar-refractivity contribution in [2.45, 2.75) is 33.1 Å². The van der Waals surface area contributed by atoms with E-state index in [9.17, 15) is 4.79 Å². The van der Waals surface area contributed by atoms with Crippen LogP contribution in [0.3, 0.4) is 0 Å². The van der Waals surface area contributed by atoms with Gasteiger partial charge in [0.05, 0.1) is 18.3 Å². The monoisotopic (exact) mass is 311 g/mol. The van der Waals surface area contributed by atoms with Gasteiger partial charge in [0.15, 0.2) is 0 Å². The number of benzene rings is 1. The number of nitrogens with zero attached hydrogens (tertiary/aromatic N) is 2. The Morgan fingerprint density at radius 1 is 1.26 bits per heavy atom. The Morgan fingerprint density at radius 3 is 2.74 bits per heavy atom. The summed E-state index contributed by atoms with van der Waals surface area (Å²) in [5, 5.41) is 2.85. The summed E-state index contributed by atoms with van der Waals surface area (Å²) in [6.45, 7) is 5.22. The third-order valence-electron chi connectivity index (χ3n) is 3.75. The molecule has 0 aliphatic carbocycles. The summed E-state index contributed by atoms with van der Waals surface area (Å²) in [4.78, 5) is 18.6. The second kappa shape index (κ2) is 8.32. The number of unbranched alkanes of at least 4 members (excludes halogenated alkanes) is 1. The lowest BCUT2D eigenvalue weighted by Gasteiger charge is -2.18. The summed E-state index contributed by atoms with van der Waals surface area (Å²) in [7, 11) is 2.06. The highest BCUT2D eigenvalue weighted by Gasteiger charge is 2.06. The SMILES string of the molecule is CCCCN(C)c1ccc(NC(=O)Cc2cccc(C)c2)nc1. The van der Waals surface area contributed by atoms with Gasteiger partial charge in [0.25, 0.3) is 0 Å². The highest BCUT2D eigenvalue weighted by molar-refractivity contribution is 5.91. The molecule has 0 radical (unpaired) electrons. The van der Waals surface area contributed by atoms with Crippen LogP contribution in [-0.4, -0.2) is 24.5 Å². The van der Waals surface area contributed by atoms with Gasteiger partial charge in [0.2, 0.25) is 5.91 Å². The number of carbonyl (C=O) groups is 1. The van der Waals surface area contributed by atoms with Crippen molar-refractivity contribution in [3.63, 3.8) is 0 Å². The van der Waals surface area contributed by atoms with Gasteiger partial charge in [-0.25, -0.2) is 4.98 Å². The fourth-order valence-corrected chi connectivity index (χ4v) is 2.40. The van der Waals surface area contributed by atoms with Crippen LogP contribution in [0, 0.1) is 6.92 Å². The molecule has 0 unspecified atom stereocenters. The number of amides is 1. The van der Waals surface area contributed by atoms with E-state index in [1.54, 1.807) is 6.20 Å². The minimum absolute atomic E-state index is 0.0461. The quantitative estimate of drug-likeness (QED) is 0.846. The molecule has 1 aromatic carbocycles. The normalized spacial score (nSPS) is 10.4. The van der Waals surface area contributed by atoms with Gasteiger partial charge in [-0.1, -0.05) is 43.2 Å². The summed E-state index contributed by atoms with van der Waals surface area (Å²) in [6.07, 6.45) is 4.50. The lowest BCUT2D eigenvalue weighted by Crippen LogP contribution is -2.19. The van der Waals surface area contributed by atoms with E-state index in [-0.39, 0.29) is 5.91 Å². The number of pyridine rings is 1. The van der Waals surface area contributed by atoms with Crippen LogP contribution in [-0.2, 0) is 11.2 Å². The molecule has 0 saturated carbocycles. The molecular weight excluding hydrogens is 286 g/mol. The first-order valence-corrected chi connectivity index (χ1v) is 8.11. The van der Waals surface area contributed by atoms with Gasteiger partial charge in [0.1, 0.15) is 5.82 Å². The predicted molar refractivity (Wildman–Crippen MR) is 95.9 cm³/mol. The topological polar surface area (TPSA) is 45.2 Å². The van der Waals surface area contributed by atoms with Crippen LogP contribution in [0.15, 0.2) is 42.6 Å². The van der Waals surface area contributed by atoms with Crippen molar-refractivity contribution >= 4 is 17.4 Å². The zero-order valence-corrected chi connectivity index (χ0v) is 14.2. The molecule has 23 heavy (non-hydrogen) atoms. The minimum Gasteiger partial charge on any atom is -0.373 e. The van der Waals surface area contributed by atoms with Crippen LogP contribution in [0.2, 0.25) is 0 Å². The van der Waals surface area contributed by atoms with E-state index in [1.807, 2.05) is 43.3 Å². The number of anilines is 2. The Labute approximate surface area is 138 Å². The number of hydrogen-bond acceptors (Lipinski definition) is 3. The van der Waals surface area contributed by atoms with Crippen LogP contribution in [0.25, 0.3) is 0 Å². The Hall–Kier alpha value is -2.36. The van der Waals surface area contributed by atoms with Crippen molar-refractivity contribution < 1.29 is 4.79 Å². The molecule has 1 amide bonds. The molecule has 1 N–H and O–H groups in total. The molecule has 0 aliphatic heterocycles. The first-order chi connectivity index (χ1) is 11.1. The average molecular weight is 311 g/mol. The highest BCUT2D eigenvalue weighted by atomic mass is 16.1. The van der Waals surface area contributed by atoms with Gasteiger partial charge < -0.3 is 10.2 Å². The van der Waals surface area contributed by atoms with Crippen LogP contribution < -0.4 is 10.2 Å². The molecule has 1 heterocycles. The largest absolute Gasteiger partial charge is 0.373 e. The van der Waals surface area contributed by atoms with E-state index >= 15 is 0 Å². The summed E-state index contributed by atoms with van der Waals surface area (Å²) in [6, 6.07) is 11.8. The van der Waals surface area contributed by atoms with Crippen molar-refractivity contribution in [2.75, 3.05) is 23.8 Å². The molecule has 0 spiro atoms. The van der Waals surface area contributed by atoms with Crippen LogP contribution in [0.1, 0.15) is 30.9 Å². The predicted octanol–water partition coefficient (Wildman–Crippen LogP) is 3.81. The Kier molecular flexibility index (Phi) is 6.15. The van der Waals surface area contributed by atoms with Crippen LogP contribution in [0.5, 0.6) is 0 Å². The molecule has 0 atom stereocenters. The molecule has 0 fully saturated rings. The average Bonchev–Trinajstić information content (AvgIpc) is 2.53. The summed E-state index contributed by atoms with van der Waals surface area (Å²) < 4.78 is 0. The fourth-order valence-electron chi connectivity index (χ4n) is 2.40. The second-order valence-corrected chi connectivity index (χ2v) is 5.89. The Balaban J connectivity index is 1.91. The minimum atomic E-state index is -0.0461. The van der Waals surface area contributed by atoms with E-state index in [4.69, 9.17) is 0 Å². The maximum absolute atomic E-state index is 12.1. The van der Waals surface area contributed by atoms with Crippen LogP contribution >= 0.6 is 0 Å². The van der Waals surface area contributed by atoms with Crippen molar-refractivity contribution in [2.24, 2.45) is 0 Å². The zero-order valence-electron chi connectivity index (χ0n) is 14.2. The van der Waals surface area contributed by atoms with Crippen molar-refractivity contribution in [3.05, 3.63) is 53.7 Å². The Morgan fingerprint density at radius 2 is 2.09 bits per heavy atom. The lowest BCUT2D eigenvalue weighted by molar-refractivity contribution is -0.115. The summed E-state index contributed by atoms with van der Waals surface area (Å²) in [5.74, 6) is 0.547. The first-order valence-electron chi connectivity index (χ1n) is 8.11. The smallest absolute Gasteiger partial charge is 0.229 e. The zero-order chi connectivity index (χ0) is 16.7. The molecule has 2 rings (SSSR count). The standard InChI is InChI=1S/C19H25N3O/c1-4-5-11-22(3)17-9-10-18(20-14-17)21-19(23)13-16-8-6-7-15(2)12-16/h6-10,12,14H,4-5,11,13H2,1-3H3,(H,20,21,23). The molecular formula is C19H25N3O. The van der Waals surface area contributed by atoms with Crippen LogP contribution in [0.4, 0.5) is 11.5 Å². The third-order valence-corrected chi connectivity index (χ3v) is 3.75. The molecule has 2 aromatic rings. The highest BCUT2D eigenvalue weighted by Crippen LogP contribution is 2.14. The molecule has 0 aliphatic rings. The van der Waals surface area contributed by atoms with Gasteiger partial charge in [0, 0.05) is 13.6 Å². The number of carbonyl (C=O) groups excluding carboxylic acids is 1. The number of rotatable bonds is 7. The molecule has 4 heteroatoms. The van der Waals surface area contributed by atoms with Crippen molar-refractivity contribution in [1.29, 1.82) is 0 Å². The Bertz CT molecular complexity index is 637. The fraction of sp³-hybridized carbons (Fsp3) is 0.368. The number of aromatic nitrogens is 1. The van der Waals surface area contributed by atoms with Gasteiger partial charge in [-0.05, 0) is 31.0 Å². The molecule has 4 nitrogen and oxygen atoms in total. The van der Waals surface area contributed by atoms with E-state index in [0.29, 0.717) is 12.2 Å². The van der Waals surface area contributed by atoms with Gasteiger partial charge in [-0.3, -0.25) is 4.79 Å². The van der Waals surface area contributed by atoms with Crippen molar-refractivity contribution in [3.8, 4) is 0 Å². The first kappa shape index (κ1) is 17.0. The summed E-state index contributed by atoms with van der Waals surface area (Å²) in [5.41, 5.74) is 3.24. The van der Waals surface area contributed by atoms with Gasteiger partial charge in [-0.15, -0.1) is 0 Å². The van der Waals surface area contributed by atoms with Gasteiger partial charge >= 0.3 is 0 Å². The molecule has 1 aromatic heterocycles. The number of hydrogen-bond donors (Lipinski definition) is 1. The van der Waals surface area contributed by atoms with E-state index in [1.165, 1.54) is 6.42 Å². The lowest BCUT2D eigenvalue weighted by atomic mass is 10.1. The van der Waals surface area contributed by atoms with E-state index in [0.717, 1.165) is 29.8 Å². The van der Waals surface area contributed by atoms with E-state index in [2.05, 4.69) is 29.2 Å². The second-order valence-electron chi connectivity index (χ2n) is 5.89. The van der Waals surface area contributed by atoms with E-state index < -0.39 is 0 Å². The number of nitrogens with one attached hydrogen (secondary N) is 1. The maximum atomic E-state index is 12.1. The summed E-state index contributed by atoms with van der Waals surface area (Å²) >= 11 is 0. The molecule has 122 valence electrons. The molecule has 0 saturated heterocycles. The maximum Gasteiger partial charge on any atom is 0.229 e. The van der Waals surface area contributed by atoms with Crippen molar-refractivity contribution in [1.82, 2.24) is 4.98 Å².